The Hall–Kier alpha value is -0.500. The molecule has 1 rings (SSSR count). The van der Waals surface area contributed by atoms with E-state index in [2.05, 4.69) is 19.9 Å². The van der Waals surface area contributed by atoms with Crippen LogP contribution in [0.3, 0.4) is 0 Å². The summed E-state index contributed by atoms with van der Waals surface area (Å²) >= 11 is 0. The summed E-state index contributed by atoms with van der Waals surface area (Å²) in [5.41, 5.74) is 0. The van der Waals surface area contributed by atoms with Gasteiger partial charge in [-0.25, -0.2) is 5.84 Å². The zero-order valence-electron chi connectivity index (χ0n) is 5.33. The molecule has 0 aromatic carbocycles. The van der Waals surface area contributed by atoms with E-state index in [1.807, 2.05) is 6.20 Å². The predicted octanol–water partition coefficient (Wildman–Crippen LogP) is 0.714. The van der Waals surface area contributed by atoms with E-state index in [-0.39, 0.29) is 0 Å². The summed E-state index contributed by atoms with van der Waals surface area (Å²) in [6.07, 6.45) is 4.04. The number of hydrogen-bond donors (Lipinski definition) is 1. The van der Waals surface area contributed by atoms with Crippen LogP contribution in [0.15, 0.2) is 12.3 Å². The van der Waals surface area contributed by atoms with Gasteiger partial charge in [0, 0.05) is 12.2 Å². The quantitative estimate of drug-likeness (QED) is 0.468. The van der Waals surface area contributed by atoms with Crippen LogP contribution in [0.2, 0.25) is 0 Å². The molecule has 1 aliphatic heterocycles. The summed E-state index contributed by atoms with van der Waals surface area (Å²) in [5.74, 6) is 6.13. The number of nitrogens with zero attached hydrogens (tertiary/aromatic N) is 1. The van der Waals surface area contributed by atoms with Gasteiger partial charge >= 0.3 is 0 Å². The Morgan fingerprint density at radius 1 is 1.50 bits per heavy atom. The summed E-state index contributed by atoms with van der Waals surface area (Å²) in [6.45, 7) is 4.28. The van der Waals surface area contributed by atoms with Gasteiger partial charge in [0.15, 0.2) is 0 Å². The molecule has 8 heavy (non-hydrogen) atoms. The second-order valence-electron chi connectivity index (χ2n) is 2.39. The average molecular weight is 112 g/mol. The van der Waals surface area contributed by atoms with Crippen LogP contribution in [-0.4, -0.2) is 11.1 Å². The molecule has 2 unspecified atom stereocenters. The highest BCUT2D eigenvalue weighted by Crippen LogP contribution is 2.15. The van der Waals surface area contributed by atoms with Gasteiger partial charge in [-0.1, -0.05) is 13.0 Å². The molecule has 0 aromatic heterocycles. The highest BCUT2D eigenvalue weighted by Gasteiger charge is 2.17. The normalized spacial score (nSPS) is 36.6. The van der Waals surface area contributed by atoms with Crippen LogP contribution < -0.4 is 5.84 Å². The van der Waals surface area contributed by atoms with Crippen molar-refractivity contribution >= 4 is 0 Å². The average Bonchev–Trinajstić information content (AvgIpc) is 1.98. The first-order valence-corrected chi connectivity index (χ1v) is 2.93. The van der Waals surface area contributed by atoms with E-state index in [4.69, 9.17) is 5.84 Å². The van der Waals surface area contributed by atoms with Crippen LogP contribution in [0, 0.1) is 5.92 Å². The molecule has 2 atom stereocenters. The molecule has 0 saturated heterocycles. The molecule has 2 heteroatoms. The topological polar surface area (TPSA) is 29.3 Å². The Labute approximate surface area is 49.9 Å². The van der Waals surface area contributed by atoms with E-state index in [1.165, 1.54) is 0 Å². The van der Waals surface area contributed by atoms with Gasteiger partial charge in [-0.05, 0) is 12.8 Å². The zero-order chi connectivity index (χ0) is 6.15. The lowest BCUT2D eigenvalue weighted by Gasteiger charge is -2.18. The molecule has 0 spiro atoms. The molecule has 46 valence electrons. The minimum absolute atomic E-state index is 0.481. The largest absolute Gasteiger partial charge is 0.315 e. The summed E-state index contributed by atoms with van der Waals surface area (Å²) < 4.78 is 0. The highest BCUT2D eigenvalue weighted by atomic mass is 15.4. The Bertz CT molecular complexity index is 97.1. The van der Waals surface area contributed by atoms with Crippen molar-refractivity contribution in [2.24, 2.45) is 11.8 Å². The Balaban J connectivity index is 2.55. The Kier molecular flexibility index (Phi) is 1.26. The second kappa shape index (κ2) is 1.78. The molecule has 0 radical (unpaired) electrons. The van der Waals surface area contributed by atoms with Gasteiger partial charge in [0.25, 0.3) is 0 Å². The molecular weight excluding hydrogens is 100 g/mol. The van der Waals surface area contributed by atoms with E-state index in [0.717, 1.165) is 0 Å². The molecule has 0 bridgehead atoms. The van der Waals surface area contributed by atoms with Crippen LogP contribution in [0.1, 0.15) is 13.8 Å². The van der Waals surface area contributed by atoms with Gasteiger partial charge in [0.05, 0.1) is 0 Å². The Morgan fingerprint density at radius 3 is 2.25 bits per heavy atom. The monoisotopic (exact) mass is 112 g/mol. The van der Waals surface area contributed by atoms with Gasteiger partial charge in [0.2, 0.25) is 0 Å². The maximum Gasteiger partial charge on any atom is 0.0477 e. The lowest BCUT2D eigenvalue weighted by atomic mass is 10.1. The van der Waals surface area contributed by atoms with Crippen molar-refractivity contribution < 1.29 is 0 Å². The summed E-state index contributed by atoms with van der Waals surface area (Å²) in [5, 5.41) is 1.74. The zero-order valence-corrected chi connectivity index (χ0v) is 5.33. The maximum absolute atomic E-state index is 5.52. The molecule has 0 aromatic rings. The highest BCUT2D eigenvalue weighted by molar-refractivity contribution is 4.98. The third-order valence-corrected chi connectivity index (χ3v) is 1.79. The van der Waals surface area contributed by atoms with Crippen molar-refractivity contribution in [3.8, 4) is 0 Å². The lowest BCUT2D eigenvalue weighted by molar-refractivity contribution is 0.290. The van der Waals surface area contributed by atoms with Crippen LogP contribution >= 0.6 is 0 Å². The van der Waals surface area contributed by atoms with Crippen molar-refractivity contribution in [3.63, 3.8) is 0 Å². The molecule has 0 amide bonds. The number of hydrogen-bond acceptors (Lipinski definition) is 2. The van der Waals surface area contributed by atoms with Gasteiger partial charge in [-0.15, -0.1) is 0 Å². The van der Waals surface area contributed by atoms with Crippen molar-refractivity contribution in [1.29, 1.82) is 0 Å². The summed E-state index contributed by atoms with van der Waals surface area (Å²) in [7, 11) is 0. The van der Waals surface area contributed by atoms with E-state index < -0.39 is 0 Å². The number of hydrazine groups is 1. The molecule has 1 heterocycles. The summed E-state index contributed by atoms with van der Waals surface area (Å²) in [6, 6.07) is 0.481. The third-order valence-electron chi connectivity index (χ3n) is 1.79. The fraction of sp³-hybridized carbons (Fsp3) is 0.667. The SMILES string of the molecule is CC1C=CN(N)C1C. The molecule has 0 aliphatic carbocycles. The third kappa shape index (κ3) is 0.713. The molecule has 2 nitrogen and oxygen atoms in total. The lowest BCUT2D eigenvalue weighted by Crippen LogP contribution is -2.33. The fourth-order valence-corrected chi connectivity index (χ4v) is 0.803. The summed E-state index contributed by atoms with van der Waals surface area (Å²) in [4.78, 5) is 0. The first-order chi connectivity index (χ1) is 3.72. The predicted molar refractivity (Wildman–Crippen MR) is 33.8 cm³/mol. The van der Waals surface area contributed by atoms with Gasteiger partial charge in [-0.3, -0.25) is 0 Å². The minimum Gasteiger partial charge on any atom is -0.315 e. The maximum atomic E-state index is 5.52. The van der Waals surface area contributed by atoms with Crippen LogP contribution in [0.5, 0.6) is 0 Å². The van der Waals surface area contributed by atoms with Gasteiger partial charge in [0.1, 0.15) is 0 Å². The number of nitrogens with two attached hydrogens (primary N) is 1. The minimum atomic E-state index is 0.481. The van der Waals surface area contributed by atoms with Gasteiger partial charge < -0.3 is 5.01 Å². The molecule has 0 fully saturated rings. The van der Waals surface area contributed by atoms with E-state index in [1.54, 1.807) is 5.01 Å². The van der Waals surface area contributed by atoms with E-state index >= 15 is 0 Å². The van der Waals surface area contributed by atoms with Crippen LogP contribution in [-0.2, 0) is 0 Å². The van der Waals surface area contributed by atoms with Gasteiger partial charge in [-0.2, -0.15) is 0 Å². The first kappa shape index (κ1) is 5.63. The van der Waals surface area contributed by atoms with Crippen LogP contribution in [0.25, 0.3) is 0 Å². The first-order valence-electron chi connectivity index (χ1n) is 2.93. The molecule has 0 saturated carbocycles. The number of rotatable bonds is 0. The second-order valence-corrected chi connectivity index (χ2v) is 2.39. The molecule has 1 aliphatic rings. The van der Waals surface area contributed by atoms with Crippen LogP contribution in [0.4, 0.5) is 0 Å². The van der Waals surface area contributed by atoms with E-state index in [9.17, 15) is 0 Å². The van der Waals surface area contributed by atoms with Crippen molar-refractivity contribution in [3.05, 3.63) is 12.3 Å². The Morgan fingerprint density at radius 2 is 2.12 bits per heavy atom. The fourth-order valence-electron chi connectivity index (χ4n) is 0.803. The van der Waals surface area contributed by atoms with Crippen molar-refractivity contribution in [1.82, 2.24) is 5.01 Å². The smallest absolute Gasteiger partial charge is 0.0477 e. The van der Waals surface area contributed by atoms with Crippen molar-refractivity contribution in [2.45, 2.75) is 19.9 Å². The standard InChI is InChI=1S/C6H12N2/c1-5-3-4-8(7)6(5)2/h3-6H,7H2,1-2H3. The molecule has 2 N–H and O–H groups in total. The molecular formula is C6H12N2. The van der Waals surface area contributed by atoms with Crippen molar-refractivity contribution in [2.75, 3.05) is 0 Å². The van der Waals surface area contributed by atoms with E-state index in [0.29, 0.717) is 12.0 Å².